The van der Waals surface area contributed by atoms with Gasteiger partial charge in [0, 0.05) is 11.4 Å². The van der Waals surface area contributed by atoms with Gasteiger partial charge in [-0.25, -0.2) is 4.79 Å². The summed E-state index contributed by atoms with van der Waals surface area (Å²) in [5, 5.41) is 8.90. The summed E-state index contributed by atoms with van der Waals surface area (Å²) >= 11 is 0. The first kappa shape index (κ1) is 9.31. The van der Waals surface area contributed by atoms with Crippen LogP contribution in [0.1, 0.15) is 53.3 Å². The maximum atomic E-state index is 10.8. The Morgan fingerprint density at radius 3 is 2.64 bits per heavy atom. The van der Waals surface area contributed by atoms with E-state index in [4.69, 9.17) is 5.11 Å². The van der Waals surface area contributed by atoms with Crippen LogP contribution in [0.5, 0.6) is 0 Å². The average Bonchev–Trinajstić information content (AvgIpc) is 2.70. The molecule has 0 radical (unpaired) electrons. The van der Waals surface area contributed by atoms with Crippen molar-refractivity contribution in [3.63, 3.8) is 0 Å². The maximum Gasteiger partial charge on any atom is 0.337 e. The number of aryl methyl sites for hydroxylation is 1. The standard InChI is InChI=1S/C11H15NO2/c1-7-9(11(13)14)6-10(12-7)8-4-2-3-5-8/h6,8,12H,2-5H2,1H3,(H,13,14). The molecule has 1 aliphatic carbocycles. The van der Waals surface area contributed by atoms with E-state index in [2.05, 4.69) is 4.98 Å². The van der Waals surface area contributed by atoms with Gasteiger partial charge in [0.25, 0.3) is 0 Å². The summed E-state index contributed by atoms with van der Waals surface area (Å²) in [6.45, 7) is 1.82. The van der Waals surface area contributed by atoms with Crippen molar-refractivity contribution < 1.29 is 9.90 Å². The van der Waals surface area contributed by atoms with Gasteiger partial charge in [0.05, 0.1) is 5.56 Å². The first-order valence-corrected chi connectivity index (χ1v) is 5.11. The molecule has 14 heavy (non-hydrogen) atoms. The van der Waals surface area contributed by atoms with Crippen molar-refractivity contribution in [3.8, 4) is 0 Å². The normalized spacial score (nSPS) is 17.5. The molecule has 0 aromatic carbocycles. The lowest BCUT2D eigenvalue weighted by atomic mass is 10.0. The minimum Gasteiger partial charge on any atom is -0.478 e. The summed E-state index contributed by atoms with van der Waals surface area (Å²) in [5.74, 6) is -0.273. The molecule has 0 unspecified atom stereocenters. The zero-order valence-electron chi connectivity index (χ0n) is 8.34. The number of aromatic amines is 1. The molecule has 1 fully saturated rings. The van der Waals surface area contributed by atoms with Gasteiger partial charge in [0.1, 0.15) is 0 Å². The molecule has 1 aliphatic rings. The number of hydrogen-bond donors (Lipinski definition) is 2. The van der Waals surface area contributed by atoms with E-state index in [1.54, 1.807) is 6.07 Å². The van der Waals surface area contributed by atoms with Crippen LogP contribution >= 0.6 is 0 Å². The van der Waals surface area contributed by atoms with Crippen molar-refractivity contribution in [3.05, 3.63) is 23.0 Å². The molecule has 0 spiro atoms. The van der Waals surface area contributed by atoms with Crippen LogP contribution in [0.3, 0.4) is 0 Å². The van der Waals surface area contributed by atoms with E-state index in [0.717, 1.165) is 11.4 Å². The Labute approximate surface area is 83.1 Å². The van der Waals surface area contributed by atoms with Gasteiger partial charge in [-0.1, -0.05) is 12.8 Å². The summed E-state index contributed by atoms with van der Waals surface area (Å²) in [4.78, 5) is 14.0. The zero-order valence-corrected chi connectivity index (χ0v) is 8.34. The minimum atomic E-state index is -0.831. The fraction of sp³-hybridized carbons (Fsp3) is 0.545. The first-order chi connectivity index (χ1) is 6.68. The Kier molecular flexibility index (Phi) is 2.32. The maximum absolute atomic E-state index is 10.8. The second kappa shape index (κ2) is 3.48. The first-order valence-electron chi connectivity index (χ1n) is 5.11. The zero-order chi connectivity index (χ0) is 10.1. The highest BCUT2D eigenvalue weighted by atomic mass is 16.4. The second-order valence-electron chi connectivity index (χ2n) is 4.05. The quantitative estimate of drug-likeness (QED) is 0.758. The van der Waals surface area contributed by atoms with E-state index >= 15 is 0 Å². The van der Waals surface area contributed by atoms with E-state index < -0.39 is 5.97 Å². The largest absolute Gasteiger partial charge is 0.478 e. The van der Waals surface area contributed by atoms with Crippen molar-refractivity contribution in [1.29, 1.82) is 0 Å². The number of carbonyl (C=O) groups is 1. The second-order valence-corrected chi connectivity index (χ2v) is 4.05. The van der Waals surface area contributed by atoms with Gasteiger partial charge in [0.15, 0.2) is 0 Å². The summed E-state index contributed by atoms with van der Waals surface area (Å²) in [5.41, 5.74) is 2.31. The molecular weight excluding hydrogens is 178 g/mol. The molecule has 76 valence electrons. The molecule has 0 aliphatic heterocycles. The van der Waals surface area contributed by atoms with Crippen molar-refractivity contribution in [2.75, 3.05) is 0 Å². The van der Waals surface area contributed by atoms with E-state index in [0.29, 0.717) is 11.5 Å². The van der Waals surface area contributed by atoms with Crippen LogP contribution in [-0.2, 0) is 0 Å². The van der Waals surface area contributed by atoms with E-state index in [9.17, 15) is 4.79 Å². The van der Waals surface area contributed by atoms with Crippen LogP contribution in [0.15, 0.2) is 6.07 Å². The third kappa shape index (κ3) is 1.54. The number of hydrogen-bond acceptors (Lipinski definition) is 1. The summed E-state index contributed by atoms with van der Waals surface area (Å²) < 4.78 is 0. The molecule has 1 aromatic heterocycles. The van der Waals surface area contributed by atoms with E-state index in [1.165, 1.54) is 25.7 Å². The lowest BCUT2D eigenvalue weighted by Crippen LogP contribution is -1.95. The SMILES string of the molecule is Cc1[nH]c(C2CCCC2)cc1C(=O)O. The number of rotatable bonds is 2. The van der Waals surface area contributed by atoms with Gasteiger partial charge in [-0.15, -0.1) is 0 Å². The molecule has 0 atom stereocenters. The van der Waals surface area contributed by atoms with Crippen LogP contribution in [0.2, 0.25) is 0 Å². The van der Waals surface area contributed by atoms with E-state index in [1.807, 2.05) is 6.92 Å². The third-order valence-electron chi connectivity index (χ3n) is 3.06. The summed E-state index contributed by atoms with van der Waals surface area (Å²) in [6.07, 6.45) is 4.92. The minimum absolute atomic E-state index is 0.423. The van der Waals surface area contributed by atoms with Crippen molar-refractivity contribution >= 4 is 5.97 Å². The van der Waals surface area contributed by atoms with Crippen molar-refractivity contribution in [2.45, 2.75) is 38.5 Å². The molecule has 2 rings (SSSR count). The predicted molar refractivity (Wildman–Crippen MR) is 53.7 cm³/mol. The highest BCUT2D eigenvalue weighted by Crippen LogP contribution is 2.34. The molecule has 3 heteroatoms. The number of aromatic nitrogens is 1. The fourth-order valence-electron chi connectivity index (χ4n) is 2.26. The third-order valence-corrected chi connectivity index (χ3v) is 3.06. The molecule has 0 bridgehead atoms. The van der Waals surface area contributed by atoms with Gasteiger partial charge in [-0.3, -0.25) is 0 Å². The Bertz CT molecular complexity index is 348. The average molecular weight is 193 g/mol. The highest BCUT2D eigenvalue weighted by molar-refractivity contribution is 5.89. The Morgan fingerprint density at radius 1 is 1.50 bits per heavy atom. The van der Waals surface area contributed by atoms with Crippen LogP contribution < -0.4 is 0 Å². The van der Waals surface area contributed by atoms with Crippen LogP contribution in [0, 0.1) is 6.92 Å². The smallest absolute Gasteiger partial charge is 0.337 e. The van der Waals surface area contributed by atoms with Crippen molar-refractivity contribution in [1.82, 2.24) is 4.98 Å². The topological polar surface area (TPSA) is 53.1 Å². The van der Waals surface area contributed by atoms with Crippen LogP contribution in [0.25, 0.3) is 0 Å². The molecule has 1 heterocycles. The van der Waals surface area contributed by atoms with Gasteiger partial charge < -0.3 is 10.1 Å². The van der Waals surface area contributed by atoms with Gasteiger partial charge in [0.2, 0.25) is 0 Å². The molecule has 0 saturated heterocycles. The Balaban J connectivity index is 2.27. The number of carboxylic acid groups (broad SMARTS) is 1. The van der Waals surface area contributed by atoms with Crippen LogP contribution in [0.4, 0.5) is 0 Å². The lowest BCUT2D eigenvalue weighted by Gasteiger charge is -2.04. The monoisotopic (exact) mass is 193 g/mol. The molecule has 2 N–H and O–H groups in total. The van der Waals surface area contributed by atoms with Crippen molar-refractivity contribution in [2.24, 2.45) is 0 Å². The van der Waals surface area contributed by atoms with E-state index in [-0.39, 0.29) is 0 Å². The summed E-state index contributed by atoms with van der Waals surface area (Å²) in [7, 11) is 0. The molecule has 0 amide bonds. The number of nitrogens with one attached hydrogen (secondary N) is 1. The number of H-pyrrole nitrogens is 1. The molecule has 1 saturated carbocycles. The Hall–Kier alpha value is -1.25. The summed E-state index contributed by atoms with van der Waals surface area (Å²) in [6, 6.07) is 1.80. The highest BCUT2D eigenvalue weighted by Gasteiger charge is 2.21. The molecule has 3 nitrogen and oxygen atoms in total. The predicted octanol–water partition coefficient (Wildman–Crippen LogP) is 2.68. The lowest BCUT2D eigenvalue weighted by molar-refractivity contribution is 0.0696. The van der Waals surface area contributed by atoms with Gasteiger partial charge in [-0.2, -0.15) is 0 Å². The van der Waals surface area contributed by atoms with Crippen LogP contribution in [-0.4, -0.2) is 16.1 Å². The number of carboxylic acids is 1. The molecule has 1 aromatic rings. The van der Waals surface area contributed by atoms with Gasteiger partial charge in [-0.05, 0) is 31.7 Å². The Morgan fingerprint density at radius 2 is 2.14 bits per heavy atom. The number of aromatic carboxylic acids is 1. The molecular formula is C11H15NO2. The van der Waals surface area contributed by atoms with Gasteiger partial charge >= 0.3 is 5.97 Å². The fourth-order valence-corrected chi connectivity index (χ4v) is 2.26.